The van der Waals surface area contributed by atoms with Gasteiger partial charge in [0.1, 0.15) is 11.4 Å². The summed E-state index contributed by atoms with van der Waals surface area (Å²) in [6.45, 7) is 0.655. The standard InChI is InChI=1S/C21H17Cl2N5O2/c22-16-3-1-15(2-4-16)13-27-12-10-20(26-27)25-21(29)19-9-11-24-28(19)14-30-18-7-5-17(23)6-8-18/h1-12H,13-14H2,(H,25,26,29). The number of rotatable bonds is 7. The van der Waals surface area contributed by atoms with Crippen molar-refractivity contribution in [2.45, 2.75) is 13.3 Å². The number of ether oxygens (including phenoxy) is 1. The Bertz CT molecular complexity index is 1140. The van der Waals surface area contributed by atoms with Gasteiger partial charge in [-0.1, -0.05) is 35.3 Å². The molecule has 1 amide bonds. The maximum atomic E-state index is 12.6. The highest BCUT2D eigenvalue weighted by molar-refractivity contribution is 6.30. The largest absolute Gasteiger partial charge is 0.471 e. The van der Waals surface area contributed by atoms with Crippen molar-refractivity contribution < 1.29 is 9.53 Å². The number of aromatic nitrogens is 4. The molecule has 0 spiro atoms. The molecule has 0 aliphatic rings. The van der Waals surface area contributed by atoms with Crippen molar-refractivity contribution in [2.75, 3.05) is 5.32 Å². The number of hydrogen-bond donors (Lipinski definition) is 1. The van der Waals surface area contributed by atoms with Gasteiger partial charge in [0, 0.05) is 28.5 Å². The molecule has 0 atom stereocenters. The zero-order valence-electron chi connectivity index (χ0n) is 15.7. The van der Waals surface area contributed by atoms with Gasteiger partial charge in [0.2, 0.25) is 0 Å². The zero-order chi connectivity index (χ0) is 20.9. The maximum absolute atomic E-state index is 12.6. The normalized spacial score (nSPS) is 10.7. The fraction of sp³-hybridized carbons (Fsp3) is 0.0952. The quantitative estimate of drug-likeness (QED) is 0.450. The number of hydrogen-bond acceptors (Lipinski definition) is 4. The van der Waals surface area contributed by atoms with Crippen molar-refractivity contribution in [3.63, 3.8) is 0 Å². The van der Waals surface area contributed by atoms with Gasteiger partial charge in [-0.3, -0.25) is 9.48 Å². The van der Waals surface area contributed by atoms with E-state index in [4.69, 9.17) is 27.9 Å². The summed E-state index contributed by atoms with van der Waals surface area (Å²) in [6, 6.07) is 17.8. The Labute approximate surface area is 182 Å². The summed E-state index contributed by atoms with van der Waals surface area (Å²) in [6.07, 6.45) is 3.34. The summed E-state index contributed by atoms with van der Waals surface area (Å²) < 4.78 is 8.86. The van der Waals surface area contributed by atoms with Crippen LogP contribution < -0.4 is 10.1 Å². The summed E-state index contributed by atoms with van der Waals surface area (Å²) in [7, 11) is 0. The van der Waals surface area contributed by atoms with Crippen molar-refractivity contribution in [2.24, 2.45) is 0 Å². The van der Waals surface area contributed by atoms with Gasteiger partial charge in [-0.25, -0.2) is 4.68 Å². The number of amides is 1. The first kappa shape index (κ1) is 20.0. The number of benzene rings is 2. The first-order chi connectivity index (χ1) is 14.6. The molecule has 1 N–H and O–H groups in total. The molecular weight excluding hydrogens is 425 g/mol. The number of carbonyl (C=O) groups is 1. The molecule has 152 valence electrons. The predicted molar refractivity (Wildman–Crippen MR) is 115 cm³/mol. The maximum Gasteiger partial charge on any atom is 0.275 e. The predicted octanol–water partition coefficient (Wildman–Crippen LogP) is 4.72. The van der Waals surface area contributed by atoms with Crippen LogP contribution in [-0.4, -0.2) is 25.5 Å². The van der Waals surface area contributed by atoms with E-state index in [0.717, 1.165) is 5.56 Å². The number of anilines is 1. The molecule has 0 unspecified atom stereocenters. The van der Waals surface area contributed by atoms with Crippen LogP contribution in [0.5, 0.6) is 5.75 Å². The molecule has 0 fully saturated rings. The molecule has 4 aromatic rings. The van der Waals surface area contributed by atoms with Crippen LogP contribution in [0.2, 0.25) is 10.0 Å². The summed E-state index contributed by atoms with van der Waals surface area (Å²) in [5.74, 6) is 0.742. The Morgan fingerprint density at radius 1 is 0.967 bits per heavy atom. The van der Waals surface area contributed by atoms with Gasteiger partial charge < -0.3 is 10.1 Å². The molecule has 0 saturated carbocycles. The molecule has 4 rings (SSSR count). The average Bonchev–Trinajstić information content (AvgIpc) is 3.39. The number of carbonyl (C=O) groups excluding carboxylic acids is 1. The molecule has 9 heteroatoms. The molecule has 2 aromatic carbocycles. The first-order valence-electron chi connectivity index (χ1n) is 9.06. The zero-order valence-corrected chi connectivity index (χ0v) is 17.2. The molecule has 0 aliphatic carbocycles. The van der Waals surface area contributed by atoms with Crippen LogP contribution in [-0.2, 0) is 13.3 Å². The second-order valence-corrected chi connectivity index (χ2v) is 7.30. The van der Waals surface area contributed by atoms with Gasteiger partial charge in [-0.2, -0.15) is 10.2 Å². The van der Waals surface area contributed by atoms with Gasteiger partial charge in [-0.05, 0) is 48.0 Å². The van der Waals surface area contributed by atoms with Crippen LogP contribution in [0.1, 0.15) is 16.1 Å². The third-order valence-electron chi connectivity index (χ3n) is 4.26. The minimum Gasteiger partial charge on any atom is -0.471 e. The molecule has 30 heavy (non-hydrogen) atoms. The van der Waals surface area contributed by atoms with Crippen LogP contribution in [0.15, 0.2) is 73.1 Å². The first-order valence-corrected chi connectivity index (χ1v) is 9.82. The van der Waals surface area contributed by atoms with E-state index >= 15 is 0 Å². The van der Waals surface area contributed by atoms with E-state index in [1.54, 1.807) is 53.5 Å². The Morgan fingerprint density at radius 3 is 2.40 bits per heavy atom. The highest BCUT2D eigenvalue weighted by Gasteiger charge is 2.14. The Balaban J connectivity index is 1.37. The van der Waals surface area contributed by atoms with E-state index in [1.807, 2.05) is 24.3 Å². The smallest absolute Gasteiger partial charge is 0.275 e. The van der Waals surface area contributed by atoms with Crippen molar-refractivity contribution in [1.82, 2.24) is 19.6 Å². The third kappa shape index (κ3) is 5.00. The number of nitrogens with zero attached hydrogens (tertiary/aromatic N) is 4. The van der Waals surface area contributed by atoms with Crippen molar-refractivity contribution in [3.05, 3.63) is 94.4 Å². The fourth-order valence-corrected chi connectivity index (χ4v) is 3.02. The highest BCUT2D eigenvalue weighted by Crippen LogP contribution is 2.16. The number of nitrogens with one attached hydrogen (secondary N) is 1. The minimum absolute atomic E-state index is 0.0857. The van der Waals surface area contributed by atoms with Crippen LogP contribution in [0.3, 0.4) is 0 Å². The van der Waals surface area contributed by atoms with E-state index in [0.29, 0.717) is 33.9 Å². The summed E-state index contributed by atoms with van der Waals surface area (Å²) in [5.41, 5.74) is 1.41. The summed E-state index contributed by atoms with van der Waals surface area (Å²) in [4.78, 5) is 12.6. The Morgan fingerprint density at radius 2 is 1.67 bits per heavy atom. The second-order valence-electron chi connectivity index (χ2n) is 6.42. The summed E-state index contributed by atoms with van der Waals surface area (Å²) >= 11 is 11.8. The van der Waals surface area contributed by atoms with Crippen LogP contribution in [0, 0.1) is 0 Å². The monoisotopic (exact) mass is 441 g/mol. The van der Waals surface area contributed by atoms with Crippen molar-refractivity contribution >= 4 is 34.9 Å². The molecular formula is C21H17Cl2N5O2. The lowest BCUT2D eigenvalue weighted by Gasteiger charge is -2.09. The topological polar surface area (TPSA) is 74.0 Å². The lowest BCUT2D eigenvalue weighted by molar-refractivity contribution is 0.100. The third-order valence-corrected chi connectivity index (χ3v) is 4.76. The molecule has 0 radical (unpaired) electrons. The molecule has 0 aliphatic heterocycles. The van der Waals surface area contributed by atoms with Crippen LogP contribution in [0.4, 0.5) is 5.82 Å². The minimum atomic E-state index is -0.330. The van der Waals surface area contributed by atoms with Gasteiger partial charge in [0.25, 0.3) is 5.91 Å². The fourth-order valence-electron chi connectivity index (χ4n) is 2.77. The van der Waals surface area contributed by atoms with E-state index in [2.05, 4.69) is 15.5 Å². The van der Waals surface area contributed by atoms with Crippen LogP contribution >= 0.6 is 23.2 Å². The van der Waals surface area contributed by atoms with Gasteiger partial charge in [0.15, 0.2) is 12.5 Å². The summed E-state index contributed by atoms with van der Waals surface area (Å²) in [5, 5.41) is 12.6. The van der Waals surface area contributed by atoms with E-state index in [1.165, 1.54) is 4.68 Å². The van der Waals surface area contributed by atoms with Gasteiger partial charge >= 0.3 is 0 Å². The lowest BCUT2D eigenvalue weighted by Crippen LogP contribution is -2.20. The molecule has 0 bridgehead atoms. The molecule has 2 aromatic heterocycles. The van der Waals surface area contributed by atoms with Crippen LogP contribution in [0.25, 0.3) is 0 Å². The molecule has 7 nitrogen and oxygen atoms in total. The highest BCUT2D eigenvalue weighted by atomic mass is 35.5. The molecule has 2 heterocycles. The van der Waals surface area contributed by atoms with E-state index < -0.39 is 0 Å². The second kappa shape index (κ2) is 9.02. The lowest BCUT2D eigenvalue weighted by atomic mass is 10.2. The van der Waals surface area contributed by atoms with E-state index in [-0.39, 0.29) is 12.6 Å². The Hall–Kier alpha value is -3.29. The van der Waals surface area contributed by atoms with Gasteiger partial charge in [-0.15, -0.1) is 0 Å². The number of halogens is 2. The SMILES string of the molecule is O=C(Nc1ccn(Cc2ccc(Cl)cc2)n1)c1ccnn1COc1ccc(Cl)cc1. The molecule has 0 saturated heterocycles. The van der Waals surface area contributed by atoms with Gasteiger partial charge in [0.05, 0.1) is 6.54 Å². The Kier molecular flexibility index (Phi) is 6.02. The van der Waals surface area contributed by atoms with Crippen molar-refractivity contribution in [1.29, 1.82) is 0 Å². The van der Waals surface area contributed by atoms with E-state index in [9.17, 15) is 4.79 Å². The van der Waals surface area contributed by atoms with Crippen molar-refractivity contribution in [3.8, 4) is 5.75 Å². The average molecular weight is 442 g/mol.